The summed E-state index contributed by atoms with van der Waals surface area (Å²) in [5.74, 6) is 1.60. The molecular weight excluding hydrogens is 180 g/mol. The van der Waals surface area contributed by atoms with E-state index >= 15 is 0 Å². The standard InChI is InChI=1S/C11H16O3/c1-13-10-6-5-9(4-3-7-12)11(8-10)14-2/h5-6,8,12H,3-4,7H2,1-2H3. The van der Waals surface area contributed by atoms with Crippen molar-refractivity contribution in [2.45, 2.75) is 12.8 Å². The van der Waals surface area contributed by atoms with E-state index in [-0.39, 0.29) is 6.61 Å². The van der Waals surface area contributed by atoms with Gasteiger partial charge in [-0.15, -0.1) is 0 Å². The molecule has 14 heavy (non-hydrogen) atoms. The average molecular weight is 196 g/mol. The Bertz CT molecular complexity index is 284. The van der Waals surface area contributed by atoms with Crippen molar-refractivity contribution in [2.75, 3.05) is 20.8 Å². The third kappa shape index (κ3) is 2.64. The molecule has 0 saturated heterocycles. The van der Waals surface area contributed by atoms with Crippen molar-refractivity contribution in [3.63, 3.8) is 0 Å². The van der Waals surface area contributed by atoms with Gasteiger partial charge in [-0.05, 0) is 24.5 Å². The first-order valence-corrected chi connectivity index (χ1v) is 4.63. The number of aliphatic hydroxyl groups is 1. The fourth-order valence-corrected chi connectivity index (χ4v) is 1.33. The molecular formula is C11H16O3. The average Bonchev–Trinajstić information content (AvgIpc) is 2.26. The minimum absolute atomic E-state index is 0.204. The van der Waals surface area contributed by atoms with Gasteiger partial charge in [-0.3, -0.25) is 0 Å². The summed E-state index contributed by atoms with van der Waals surface area (Å²) >= 11 is 0. The molecule has 0 aliphatic carbocycles. The normalized spacial score (nSPS) is 9.93. The van der Waals surface area contributed by atoms with Gasteiger partial charge in [-0.2, -0.15) is 0 Å². The number of aliphatic hydroxyl groups excluding tert-OH is 1. The van der Waals surface area contributed by atoms with Crippen LogP contribution in [0, 0.1) is 0 Å². The second-order valence-electron chi connectivity index (χ2n) is 3.00. The summed E-state index contributed by atoms with van der Waals surface area (Å²) in [4.78, 5) is 0. The summed E-state index contributed by atoms with van der Waals surface area (Å²) in [5, 5.41) is 8.73. The van der Waals surface area contributed by atoms with Crippen LogP contribution in [0.5, 0.6) is 11.5 Å². The maximum absolute atomic E-state index is 8.73. The van der Waals surface area contributed by atoms with E-state index in [4.69, 9.17) is 14.6 Å². The molecule has 0 spiro atoms. The summed E-state index contributed by atoms with van der Waals surface area (Å²) in [6, 6.07) is 5.72. The van der Waals surface area contributed by atoms with Crippen molar-refractivity contribution >= 4 is 0 Å². The Morgan fingerprint density at radius 1 is 1.21 bits per heavy atom. The van der Waals surface area contributed by atoms with Crippen molar-refractivity contribution in [1.29, 1.82) is 0 Å². The second kappa shape index (κ2) is 5.50. The monoisotopic (exact) mass is 196 g/mol. The number of rotatable bonds is 5. The van der Waals surface area contributed by atoms with E-state index in [1.807, 2.05) is 18.2 Å². The minimum atomic E-state index is 0.204. The van der Waals surface area contributed by atoms with Crippen molar-refractivity contribution in [3.8, 4) is 11.5 Å². The lowest BCUT2D eigenvalue weighted by molar-refractivity contribution is 0.287. The van der Waals surface area contributed by atoms with E-state index in [0.717, 1.165) is 29.9 Å². The molecule has 0 aliphatic heterocycles. The lowest BCUT2D eigenvalue weighted by atomic mass is 10.1. The first-order chi connectivity index (χ1) is 6.81. The third-order valence-corrected chi connectivity index (χ3v) is 2.10. The molecule has 0 saturated carbocycles. The molecule has 0 unspecified atom stereocenters. The Hall–Kier alpha value is -1.22. The number of methoxy groups -OCH3 is 2. The maximum Gasteiger partial charge on any atom is 0.125 e. The van der Waals surface area contributed by atoms with Gasteiger partial charge >= 0.3 is 0 Å². The van der Waals surface area contributed by atoms with Gasteiger partial charge in [-0.1, -0.05) is 6.07 Å². The molecule has 0 aromatic heterocycles. The fourth-order valence-electron chi connectivity index (χ4n) is 1.33. The number of benzene rings is 1. The van der Waals surface area contributed by atoms with Gasteiger partial charge in [0.15, 0.2) is 0 Å². The van der Waals surface area contributed by atoms with Gasteiger partial charge < -0.3 is 14.6 Å². The Balaban J connectivity index is 2.82. The SMILES string of the molecule is COc1ccc(CCCO)c(OC)c1. The minimum Gasteiger partial charge on any atom is -0.497 e. The first kappa shape index (κ1) is 10.9. The van der Waals surface area contributed by atoms with E-state index in [1.54, 1.807) is 14.2 Å². The first-order valence-electron chi connectivity index (χ1n) is 4.63. The molecule has 0 bridgehead atoms. The number of aryl methyl sites for hydroxylation is 1. The van der Waals surface area contributed by atoms with Crippen LogP contribution >= 0.6 is 0 Å². The number of ether oxygens (including phenoxy) is 2. The fraction of sp³-hybridized carbons (Fsp3) is 0.455. The van der Waals surface area contributed by atoms with Crippen molar-refractivity contribution in [3.05, 3.63) is 23.8 Å². The molecule has 0 radical (unpaired) electrons. The largest absolute Gasteiger partial charge is 0.497 e. The van der Waals surface area contributed by atoms with Crippen LogP contribution in [0.4, 0.5) is 0 Å². The van der Waals surface area contributed by atoms with Crippen LogP contribution < -0.4 is 9.47 Å². The van der Waals surface area contributed by atoms with E-state index in [9.17, 15) is 0 Å². The predicted octanol–water partition coefficient (Wildman–Crippen LogP) is 1.63. The Morgan fingerprint density at radius 2 is 2.00 bits per heavy atom. The summed E-state index contributed by atoms with van der Waals surface area (Å²) in [6.07, 6.45) is 1.58. The molecule has 1 aromatic carbocycles. The van der Waals surface area contributed by atoms with Gasteiger partial charge in [0.2, 0.25) is 0 Å². The zero-order chi connectivity index (χ0) is 10.4. The molecule has 78 valence electrons. The van der Waals surface area contributed by atoms with Gasteiger partial charge in [0.05, 0.1) is 14.2 Å². The van der Waals surface area contributed by atoms with Crippen LogP contribution in [0.2, 0.25) is 0 Å². The number of hydrogen-bond acceptors (Lipinski definition) is 3. The van der Waals surface area contributed by atoms with Gasteiger partial charge in [0.25, 0.3) is 0 Å². The molecule has 0 heterocycles. The van der Waals surface area contributed by atoms with Crippen LogP contribution in [0.15, 0.2) is 18.2 Å². The molecule has 0 amide bonds. The van der Waals surface area contributed by atoms with Crippen LogP contribution in [-0.2, 0) is 6.42 Å². The molecule has 0 atom stereocenters. The van der Waals surface area contributed by atoms with E-state index in [0.29, 0.717) is 0 Å². The topological polar surface area (TPSA) is 38.7 Å². The van der Waals surface area contributed by atoms with Crippen molar-refractivity contribution < 1.29 is 14.6 Å². The maximum atomic E-state index is 8.73. The lowest BCUT2D eigenvalue weighted by Crippen LogP contribution is -1.95. The third-order valence-electron chi connectivity index (χ3n) is 2.10. The van der Waals surface area contributed by atoms with Crippen molar-refractivity contribution in [2.24, 2.45) is 0 Å². The number of hydrogen-bond donors (Lipinski definition) is 1. The Kier molecular flexibility index (Phi) is 4.26. The highest BCUT2D eigenvalue weighted by Crippen LogP contribution is 2.25. The molecule has 3 nitrogen and oxygen atoms in total. The predicted molar refractivity (Wildman–Crippen MR) is 55.0 cm³/mol. The van der Waals surface area contributed by atoms with Gasteiger partial charge in [0, 0.05) is 12.7 Å². The van der Waals surface area contributed by atoms with Crippen LogP contribution in [0.3, 0.4) is 0 Å². The zero-order valence-corrected chi connectivity index (χ0v) is 8.62. The highest BCUT2D eigenvalue weighted by Gasteiger charge is 2.03. The van der Waals surface area contributed by atoms with E-state index in [2.05, 4.69) is 0 Å². The van der Waals surface area contributed by atoms with Crippen LogP contribution in [-0.4, -0.2) is 25.9 Å². The summed E-state index contributed by atoms with van der Waals surface area (Å²) in [5.41, 5.74) is 1.10. The molecule has 1 rings (SSSR count). The van der Waals surface area contributed by atoms with E-state index in [1.165, 1.54) is 0 Å². The van der Waals surface area contributed by atoms with Crippen LogP contribution in [0.25, 0.3) is 0 Å². The van der Waals surface area contributed by atoms with Crippen LogP contribution in [0.1, 0.15) is 12.0 Å². The molecule has 0 fully saturated rings. The summed E-state index contributed by atoms with van der Waals surface area (Å²) in [7, 11) is 3.26. The van der Waals surface area contributed by atoms with Gasteiger partial charge in [0.1, 0.15) is 11.5 Å². The highest BCUT2D eigenvalue weighted by molar-refractivity contribution is 5.40. The van der Waals surface area contributed by atoms with Gasteiger partial charge in [-0.25, -0.2) is 0 Å². The molecule has 1 N–H and O–H groups in total. The lowest BCUT2D eigenvalue weighted by Gasteiger charge is -2.09. The molecule has 0 aliphatic rings. The molecule has 1 aromatic rings. The summed E-state index contributed by atoms with van der Waals surface area (Å²) < 4.78 is 10.3. The van der Waals surface area contributed by atoms with E-state index < -0.39 is 0 Å². The zero-order valence-electron chi connectivity index (χ0n) is 8.62. The smallest absolute Gasteiger partial charge is 0.125 e. The second-order valence-corrected chi connectivity index (χ2v) is 3.00. The quantitative estimate of drug-likeness (QED) is 0.777. The highest BCUT2D eigenvalue weighted by atomic mass is 16.5. The molecule has 3 heteroatoms. The summed E-state index contributed by atoms with van der Waals surface area (Å²) in [6.45, 7) is 0.204. The van der Waals surface area contributed by atoms with Crippen molar-refractivity contribution in [1.82, 2.24) is 0 Å². The Morgan fingerprint density at radius 3 is 2.57 bits per heavy atom. The Labute approximate surface area is 84.3 Å².